The zero-order valence-corrected chi connectivity index (χ0v) is 16.9. The molecule has 0 radical (unpaired) electrons. The van der Waals surface area contributed by atoms with Gasteiger partial charge in [0.1, 0.15) is 0 Å². The highest BCUT2D eigenvalue weighted by molar-refractivity contribution is 7.89. The van der Waals surface area contributed by atoms with Gasteiger partial charge in [0.15, 0.2) is 5.69 Å². The van der Waals surface area contributed by atoms with Crippen LogP contribution in [0.3, 0.4) is 0 Å². The maximum Gasteiger partial charge on any atom is 0.435 e. The van der Waals surface area contributed by atoms with E-state index in [1.165, 1.54) is 8.99 Å². The van der Waals surface area contributed by atoms with E-state index in [0.29, 0.717) is 37.2 Å². The number of hydrogen-bond donors (Lipinski definition) is 1. The van der Waals surface area contributed by atoms with Crippen molar-refractivity contribution in [2.24, 2.45) is 0 Å². The summed E-state index contributed by atoms with van der Waals surface area (Å²) in [7, 11) is -1.44. The zero-order chi connectivity index (χ0) is 20.8. The maximum absolute atomic E-state index is 13.5. The Balaban J connectivity index is 1.64. The number of hydrogen-bond acceptors (Lipinski definition) is 4. The van der Waals surface area contributed by atoms with Crippen LogP contribution in [0.15, 0.2) is 24.3 Å². The Kier molecular flexibility index (Phi) is 5.20. The molecule has 1 aliphatic carbocycles. The van der Waals surface area contributed by atoms with Crippen molar-refractivity contribution in [3.05, 3.63) is 46.8 Å². The lowest BCUT2D eigenvalue weighted by atomic mass is 9.91. The van der Waals surface area contributed by atoms with E-state index in [9.17, 15) is 21.6 Å². The van der Waals surface area contributed by atoms with E-state index < -0.39 is 21.9 Å². The van der Waals surface area contributed by atoms with Crippen LogP contribution in [0.2, 0.25) is 0 Å². The molecule has 158 valence electrons. The van der Waals surface area contributed by atoms with Crippen molar-refractivity contribution in [3.63, 3.8) is 0 Å². The van der Waals surface area contributed by atoms with Gasteiger partial charge in [0.2, 0.25) is 10.0 Å². The van der Waals surface area contributed by atoms with Gasteiger partial charge in [-0.3, -0.25) is 0 Å². The number of alkyl halides is 3. The first-order chi connectivity index (χ1) is 13.7. The van der Waals surface area contributed by atoms with Crippen molar-refractivity contribution >= 4 is 10.0 Å². The lowest BCUT2D eigenvalue weighted by Gasteiger charge is -2.23. The Labute approximate surface area is 167 Å². The molecule has 1 aliphatic heterocycles. The third-order valence-corrected chi connectivity index (χ3v) is 7.59. The molecule has 1 fully saturated rings. The van der Waals surface area contributed by atoms with E-state index in [1.807, 2.05) is 0 Å². The molecule has 0 amide bonds. The number of aromatic nitrogens is 2. The number of sulfonamides is 1. The van der Waals surface area contributed by atoms with Gasteiger partial charge in [-0.05, 0) is 50.4 Å². The standard InChI is InChI=1S/C19H23F3N4O2S/c1-23-14-5-8-17-16(11-14)18(19(20,21)22)24-26(17)15-6-3-13(4-7-15)12-25-9-2-10-29(25,27)28/h3-4,6-7,14,23H,2,5,8-12H2,1H3. The van der Waals surface area contributed by atoms with Crippen LogP contribution >= 0.6 is 0 Å². The van der Waals surface area contributed by atoms with Crippen LogP contribution in [0.4, 0.5) is 13.2 Å². The van der Waals surface area contributed by atoms with Gasteiger partial charge in [-0.2, -0.15) is 22.6 Å². The molecule has 0 bridgehead atoms. The number of rotatable bonds is 4. The molecular weight excluding hydrogens is 405 g/mol. The topological polar surface area (TPSA) is 67.2 Å². The highest BCUT2D eigenvalue weighted by atomic mass is 32.2. The lowest BCUT2D eigenvalue weighted by molar-refractivity contribution is -0.142. The van der Waals surface area contributed by atoms with E-state index in [1.54, 1.807) is 31.3 Å². The van der Waals surface area contributed by atoms with E-state index in [4.69, 9.17) is 0 Å². The molecule has 1 N–H and O–H groups in total. The predicted octanol–water partition coefficient (Wildman–Crippen LogP) is 2.50. The number of benzene rings is 1. The van der Waals surface area contributed by atoms with Crippen LogP contribution in [0.25, 0.3) is 5.69 Å². The molecule has 4 rings (SSSR count). The van der Waals surface area contributed by atoms with Gasteiger partial charge in [-0.15, -0.1) is 0 Å². The third kappa shape index (κ3) is 3.93. The fraction of sp³-hybridized carbons (Fsp3) is 0.526. The second-order valence-corrected chi connectivity index (χ2v) is 9.67. The first-order valence-electron chi connectivity index (χ1n) is 9.61. The quantitative estimate of drug-likeness (QED) is 0.813. The molecule has 1 aromatic heterocycles. The van der Waals surface area contributed by atoms with Crippen molar-refractivity contribution in [3.8, 4) is 5.69 Å². The van der Waals surface area contributed by atoms with Crippen molar-refractivity contribution in [1.29, 1.82) is 0 Å². The highest BCUT2D eigenvalue weighted by Crippen LogP contribution is 2.37. The molecule has 1 aromatic carbocycles. The Hall–Kier alpha value is -1.91. The smallest absolute Gasteiger partial charge is 0.317 e. The van der Waals surface area contributed by atoms with Gasteiger partial charge in [-0.1, -0.05) is 12.1 Å². The fourth-order valence-electron chi connectivity index (χ4n) is 4.12. The first-order valence-corrected chi connectivity index (χ1v) is 11.2. The van der Waals surface area contributed by atoms with Crippen molar-refractivity contribution in [2.45, 2.75) is 44.4 Å². The van der Waals surface area contributed by atoms with Gasteiger partial charge in [0, 0.05) is 30.4 Å². The molecule has 1 atom stereocenters. The van der Waals surface area contributed by atoms with Gasteiger partial charge in [0.25, 0.3) is 0 Å². The second kappa shape index (κ2) is 7.41. The summed E-state index contributed by atoms with van der Waals surface area (Å²) in [6, 6.07) is 6.92. The lowest BCUT2D eigenvalue weighted by Crippen LogP contribution is -2.32. The van der Waals surface area contributed by atoms with E-state index in [2.05, 4.69) is 10.4 Å². The van der Waals surface area contributed by atoms with Crippen molar-refractivity contribution in [2.75, 3.05) is 19.3 Å². The highest BCUT2D eigenvalue weighted by Gasteiger charge is 2.41. The first kappa shape index (κ1) is 20.4. The molecule has 29 heavy (non-hydrogen) atoms. The number of halogens is 3. The molecule has 0 saturated carbocycles. The van der Waals surface area contributed by atoms with Crippen LogP contribution < -0.4 is 5.32 Å². The summed E-state index contributed by atoms with van der Waals surface area (Å²) in [5.41, 5.74) is 1.38. The van der Waals surface area contributed by atoms with Crippen LogP contribution in [0.1, 0.15) is 35.4 Å². The summed E-state index contributed by atoms with van der Waals surface area (Å²) < 4.78 is 67.4. The van der Waals surface area contributed by atoms with Crippen LogP contribution in [-0.4, -0.2) is 47.9 Å². The monoisotopic (exact) mass is 428 g/mol. The summed E-state index contributed by atoms with van der Waals surface area (Å²) in [5.74, 6) is 0.165. The largest absolute Gasteiger partial charge is 0.435 e. The molecule has 2 aliphatic rings. The fourth-order valence-corrected chi connectivity index (χ4v) is 5.62. The van der Waals surface area contributed by atoms with Crippen molar-refractivity contribution < 1.29 is 21.6 Å². The number of likely N-dealkylation sites (N-methyl/N-ethyl adjacent to an activating group) is 1. The minimum atomic E-state index is -4.50. The minimum Gasteiger partial charge on any atom is -0.317 e. The van der Waals surface area contributed by atoms with Gasteiger partial charge in [-0.25, -0.2) is 13.1 Å². The Morgan fingerprint density at radius 1 is 1.24 bits per heavy atom. The minimum absolute atomic E-state index is 0.00559. The summed E-state index contributed by atoms with van der Waals surface area (Å²) in [5, 5.41) is 6.98. The maximum atomic E-state index is 13.5. The molecule has 2 heterocycles. The average Bonchev–Trinajstić information content (AvgIpc) is 3.22. The van der Waals surface area contributed by atoms with Crippen LogP contribution in [0, 0.1) is 0 Å². The Bertz CT molecular complexity index is 1000. The van der Waals surface area contributed by atoms with Gasteiger partial charge >= 0.3 is 6.18 Å². The van der Waals surface area contributed by atoms with E-state index in [-0.39, 0.29) is 23.9 Å². The summed E-state index contributed by atoms with van der Waals surface area (Å²) in [6.07, 6.45) is -2.33. The van der Waals surface area contributed by atoms with E-state index in [0.717, 1.165) is 12.0 Å². The molecule has 1 unspecified atom stereocenters. The van der Waals surface area contributed by atoms with Gasteiger partial charge < -0.3 is 5.32 Å². The summed E-state index contributed by atoms with van der Waals surface area (Å²) >= 11 is 0. The number of fused-ring (bicyclic) bond motifs is 1. The van der Waals surface area contributed by atoms with E-state index >= 15 is 0 Å². The number of nitrogens with one attached hydrogen (secondary N) is 1. The van der Waals surface area contributed by atoms with Crippen LogP contribution in [0.5, 0.6) is 0 Å². The summed E-state index contributed by atoms with van der Waals surface area (Å²) in [4.78, 5) is 0. The molecule has 0 spiro atoms. The predicted molar refractivity (Wildman–Crippen MR) is 102 cm³/mol. The Morgan fingerprint density at radius 3 is 2.55 bits per heavy atom. The Morgan fingerprint density at radius 2 is 1.97 bits per heavy atom. The molecule has 2 aromatic rings. The molecular formula is C19H23F3N4O2S. The molecule has 10 heteroatoms. The molecule has 1 saturated heterocycles. The summed E-state index contributed by atoms with van der Waals surface area (Å²) in [6.45, 7) is 0.774. The van der Waals surface area contributed by atoms with Gasteiger partial charge in [0.05, 0.1) is 11.4 Å². The average molecular weight is 428 g/mol. The van der Waals surface area contributed by atoms with Crippen LogP contribution in [-0.2, 0) is 35.6 Å². The zero-order valence-electron chi connectivity index (χ0n) is 16.0. The normalized spacial score (nSPS) is 22.0. The SMILES string of the molecule is CNC1CCc2c(c(C(F)(F)F)nn2-c2ccc(CN3CCCS3(=O)=O)cc2)C1. The second-order valence-electron chi connectivity index (χ2n) is 7.58. The number of nitrogens with zero attached hydrogens (tertiary/aromatic N) is 3. The van der Waals surface area contributed by atoms with Crippen molar-refractivity contribution in [1.82, 2.24) is 19.4 Å². The molecule has 6 nitrogen and oxygen atoms in total. The third-order valence-electron chi connectivity index (χ3n) is 5.69.